The number of benzene rings is 4. The maximum absolute atomic E-state index is 11.9. The van der Waals surface area contributed by atoms with Crippen LogP contribution in [0.15, 0.2) is 114 Å². The highest BCUT2D eigenvalue weighted by atomic mass is 32.2. The zero-order valence-electron chi connectivity index (χ0n) is 23.6. The number of hydrogen-bond donors (Lipinski definition) is 1. The third-order valence-corrected chi connectivity index (χ3v) is 7.19. The SMILES string of the molecule is Cc1c(NS(C)(=O)=O)cccc1N(Cc1ccccc1)Cc1ccc(Oc2cccc(OCCc3ccno3)c2)cc1. The second kappa shape index (κ2) is 13.3. The highest BCUT2D eigenvalue weighted by Gasteiger charge is 2.15. The zero-order valence-corrected chi connectivity index (χ0v) is 24.4. The van der Waals surface area contributed by atoms with Gasteiger partial charge in [-0.25, -0.2) is 8.42 Å². The van der Waals surface area contributed by atoms with Crippen LogP contribution < -0.4 is 19.1 Å². The van der Waals surface area contributed by atoms with Crippen LogP contribution in [0.5, 0.6) is 17.2 Å². The third kappa shape index (κ3) is 8.14. The van der Waals surface area contributed by atoms with Crippen LogP contribution in [-0.4, -0.2) is 26.4 Å². The summed E-state index contributed by atoms with van der Waals surface area (Å²) in [5, 5.41) is 3.71. The number of ether oxygens (including phenoxy) is 2. The fourth-order valence-electron chi connectivity index (χ4n) is 4.59. The summed E-state index contributed by atoms with van der Waals surface area (Å²) in [6.07, 6.45) is 3.41. The van der Waals surface area contributed by atoms with Crippen molar-refractivity contribution in [3.63, 3.8) is 0 Å². The van der Waals surface area contributed by atoms with Crippen LogP contribution in [0.1, 0.15) is 22.5 Å². The maximum Gasteiger partial charge on any atom is 0.229 e. The minimum Gasteiger partial charge on any atom is -0.493 e. The molecule has 0 radical (unpaired) electrons. The number of nitrogens with one attached hydrogen (secondary N) is 1. The monoisotopic (exact) mass is 583 g/mol. The van der Waals surface area contributed by atoms with E-state index in [4.69, 9.17) is 14.0 Å². The van der Waals surface area contributed by atoms with E-state index >= 15 is 0 Å². The molecule has 0 bridgehead atoms. The average Bonchev–Trinajstić information content (AvgIpc) is 3.49. The molecule has 1 N–H and O–H groups in total. The minimum atomic E-state index is -3.40. The second-order valence-corrected chi connectivity index (χ2v) is 11.7. The lowest BCUT2D eigenvalue weighted by Gasteiger charge is -2.28. The Bertz CT molecular complexity index is 1690. The van der Waals surface area contributed by atoms with Gasteiger partial charge in [0.05, 0.1) is 24.7 Å². The number of nitrogens with zero attached hydrogens (tertiary/aromatic N) is 2. The van der Waals surface area contributed by atoms with Crippen LogP contribution in [0.2, 0.25) is 0 Å². The Hall–Kier alpha value is -4.76. The molecule has 4 aromatic carbocycles. The highest BCUT2D eigenvalue weighted by Crippen LogP contribution is 2.31. The van der Waals surface area contributed by atoms with Crippen molar-refractivity contribution in [3.8, 4) is 17.2 Å². The van der Waals surface area contributed by atoms with Crippen LogP contribution in [-0.2, 0) is 29.5 Å². The zero-order chi connectivity index (χ0) is 29.4. The molecule has 0 aliphatic rings. The quantitative estimate of drug-likeness (QED) is 0.160. The summed E-state index contributed by atoms with van der Waals surface area (Å²) in [6, 6.07) is 33.2. The van der Waals surface area contributed by atoms with Crippen LogP contribution >= 0.6 is 0 Å². The van der Waals surface area contributed by atoms with Crippen molar-refractivity contribution >= 4 is 21.4 Å². The fraction of sp³-hybridized carbons (Fsp3) is 0.182. The topological polar surface area (TPSA) is 93.9 Å². The summed E-state index contributed by atoms with van der Waals surface area (Å²) in [6.45, 7) is 3.68. The third-order valence-electron chi connectivity index (χ3n) is 6.60. The predicted octanol–water partition coefficient (Wildman–Crippen LogP) is 6.98. The van der Waals surface area contributed by atoms with Crippen molar-refractivity contribution in [1.29, 1.82) is 0 Å². The van der Waals surface area contributed by atoms with Crippen molar-refractivity contribution in [2.24, 2.45) is 0 Å². The smallest absolute Gasteiger partial charge is 0.229 e. The molecular weight excluding hydrogens is 550 g/mol. The first-order valence-electron chi connectivity index (χ1n) is 13.6. The van der Waals surface area contributed by atoms with Crippen LogP contribution in [0.4, 0.5) is 11.4 Å². The molecule has 0 amide bonds. The first-order chi connectivity index (χ1) is 20.3. The molecule has 1 heterocycles. The summed E-state index contributed by atoms with van der Waals surface area (Å²) >= 11 is 0. The van der Waals surface area contributed by atoms with Gasteiger partial charge >= 0.3 is 0 Å². The lowest BCUT2D eigenvalue weighted by atomic mass is 10.1. The van der Waals surface area contributed by atoms with Crippen molar-refractivity contribution < 1.29 is 22.4 Å². The first-order valence-corrected chi connectivity index (χ1v) is 15.5. The number of anilines is 2. The summed E-state index contributed by atoms with van der Waals surface area (Å²) in [5.41, 5.74) is 4.63. The molecule has 0 aliphatic carbocycles. The molecule has 216 valence electrons. The Morgan fingerprint density at radius 2 is 1.52 bits per heavy atom. The van der Waals surface area contributed by atoms with E-state index in [0.29, 0.717) is 49.1 Å². The maximum atomic E-state index is 11.9. The average molecular weight is 584 g/mol. The molecule has 0 saturated heterocycles. The van der Waals surface area contributed by atoms with Gasteiger partial charge in [-0.2, -0.15) is 0 Å². The van der Waals surface area contributed by atoms with Gasteiger partial charge in [-0.3, -0.25) is 4.72 Å². The Labute approximate surface area is 246 Å². The van der Waals surface area contributed by atoms with Crippen LogP contribution in [0, 0.1) is 6.92 Å². The molecule has 1 aromatic heterocycles. The standard InChI is InChI=1S/C33H33N3O5S/c1-25-32(35-42(2,37)38)12-7-13-33(25)36(23-26-8-4-3-5-9-26)24-27-14-16-28(17-15-27)40-31-11-6-10-30(22-31)39-21-19-29-18-20-34-41-29/h3-18,20,22,35H,19,21,23-24H2,1-2H3. The summed E-state index contributed by atoms with van der Waals surface area (Å²) in [5.74, 6) is 2.88. The van der Waals surface area contributed by atoms with Gasteiger partial charge in [0.15, 0.2) is 0 Å². The molecule has 0 saturated carbocycles. The largest absolute Gasteiger partial charge is 0.493 e. The van der Waals surface area contributed by atoms with E-state index in [-0.39, 0.29) is 0 Å². The summed E-state index contributed by atoms with van der Waals surface area (Å²) in [7, 11) is -3.40. The van der Waals surface area contributed by atoms with Gasteiger partial charge < -0.3 is 18.9 Å². The molecule has 5 rings (SSSR count). The van der Waals surface area contributed by atoms with Gasteiger partial charge in [0, 0.05) is 37.3 Å². The normalized spacial score (nSPS) is 11.2. The van der Waals surface area contributed by atoms with Crippen molar-refractivity contribution in [2.45, 2.75) is 26.4 Å². The Balaban J connectivity index is 1.29. The Morgan fingerprint density at radius 1 is 0.810 bits per heavy atom. The molecular formula is C33H33N3O5S. The van der Waals surface area contributed by atoms with Crippen molar-refractivity contribution in [2.75, 3.05) is 22.5 Å². The number of sulfonamides is 1. The van der Waals surface area contributed by atoms with Gasteiger partial charge in [0.2, 0.25) is 10.0 Å². The number of rotatable bonds is 13. The summed E-state index contributed by atoms with van der Waals surface area (Å²) in [4.78, 5) is 2.24. The molecule has 9 heteroatoms. The van der Waals surface area contributed by atoms with Gasteiger partial charge in [0.1, 0.15) is 23.0 Å². The Morgan fingerprint density at radius 3 is 2.24 bits per heavy atom. The number of aromatic nitrogens is 1. The second-order valence-electron chi connectivity index (χ2n) is 9.96. The summed E-state index contributed by atoms with van der Waals surface area (Å²) < 4.78 is 43.6. The highest BCUT2D eigenvalue weighted by molar-refractivity contribution is 7.92. The molecule has 8 nitrogen and oxygen atoms in total. The molecule has 0 spiro atoms. The first kappa shape index (κ1) is 28.8. The van der Waals surface area contributed by atoms with Gasteiger partial charge in [-0.05, 0) is 60.0 Å². The van der Waals surface area contributed by atoms with E-state index in [2.05, 4.69) is 26.9 Å². The molecule has 0 aliphatic heterocycles. The van der Waals surface area contributed by atoms with Crippen molar-refractivity contribution in [1.82, 2.24) is 5.16 Å². The Kier molecular flexibility index (Phi) is 9.08. The van der Waals surface area contributed by atoms with E-state index in [9.17, 15) is 8.42 Å². The van der Waals surface area contributed by atoms with Gasteiger partial charge in [0.25, 0.3) is 0 Å². The lowest BCUT2D eigenvalue weighted by molar-refractivity contribution is 0.295. The predicted molar refractivity (Wildman–Crippen MR) is 165 cm³/mol. The van der Waals surface area contributed by atoms with E-state index in [1.165, 1.54) is 0 Å². The molecule has 0 fully saturated rings. The molecule has 5 aromatic rings. The van der Waals surface area contributed by atoms with E-state index in [1.54, 1.807) is 12.3 Å². The fourth-order valence-corrected chi connectivity index (χ4v) is 5.21. The van der Waals surface area contributed by atoms with E-state index in [0.717, 1.165) is 34.4 Å². The molecule has 0 unspecified atom stereocenters. The van der Waals surface area contributed by atoms with Gasteiger partial charge in [-0.15, -0.1) is 0 Å². The lowest BCUT2D eigenvalue weighted by Crippen LogP contribution is -2.23. The minimum absolute atomic E-state index is 0.472. The van der Waals surface area contributed by atoms with Crippen LogP contribution in [0.25, 0.3) is 0 Å². The number of hydrogen-bond acceptors (Lipinski definition) is 7. The van der Waals surface area contributed by atoms with E-state index < -0.39 is 10.0 Å². The van der Waals surface area contributed by atoms with Gasteiger partial charge in [-0.1, -0.05) is 59.8 Å². The van der Waals surface area contributed by atoms with Crippen LogP contribution in [0.3, 0.4) is 0 Å². The molecule has 42 heavy (non-hydrogen) atoms. The van der Waals surface area contributed by atoms with E-state index in [1.807, 2.05) is 91.9 Å². The molecule has 0 atom stereocenters. The van der Waals surface area contributed by atoms with Crippen molar-refractivity contribution in [3.05, 3.63) is 132 Å².